The van der Waals surface area contributed by atoms with E-state index < -0.39 is 0 Å². The van der Waals surface area contributed by atoms with Gasteiger partial charge in [0.05, 0.1) is 6.61 Å². The monoisotopic (exact) mass is 293 g/mol. The average Bonchev–Trinajstić information content (AvgIpc) is 2.58. The molecule has 1 aliphatic heterocycles. The summed E-state index contributed by atoms with van der Waals surface area (Å²) in [7, 11) is 0. The Labute approximate surface area is 133 Å². The number of hydrogen-bond acceptors (Lipinski definition) is 2. The first-order valence-corrected chi connectivity index (χ1v) is 8.03. The average molecular weight is 293 g/mol. The molecule has 2 aromatic carbocycles. The van der Waals surface area contributed by atoms with Crippen molar-refractivity contribution >= 4 is 0 Å². The van der Waals surface area contributed by atoms with Crippen LogP contribution in [0.25, 0.3) is 0 Å². The number of rotatable bonds is 6. The van der Waals surface area contributed by atoms with Gasteiger partial charge in [0.15, 0.2) is 0 Å². The zero-order valence-corrected chi connectivity index (χ0v) is 12.9. The summed E-state index contributed by atoms with van der Waals surface area (Å²) in [6.45, 7) is 4.02. The summed E-state index contributed by atoms with van der Waals surface area (Å²) in [4.78, 5) is 2.48. The topological polar surface area (TPSA) is 12.5 Å². The number of para-hydroxylation sites is 1. The van der Waals surface area contributed by atoms with Crippen LogP contribution in [0.3, 0.4) is 0 Å². The van der Waals surface area contributed by atoms with Crippen LogP contribution >= 0.6 is 0 Å². The third kappa shape index (κ3) is 4.47. The maximum Gasteiger partial charge on any atom is 0.119 e. The van der Waals surface area contributed by atoms with Gasteiger partial charge in [-0.05, 0) is 29.7 Å². The van der Waals surface area contributed by atoms with Crippen molar-refractivity contribution in [1.82, 2.24) is 4.90 Å². The molecule has 3 rings (SSSR count). The minimum atomic E-state index is 0.722. The molecule has 114 valence electrons. The highest BCUT2D eigenvalue weighted by Crippen LogP contribution is 2.12. The van der Waals surface area contributed by atoms with Crippen molar-refractivity contribution in [3.63, 3.8) is 0 Å². The normalized spacial score (nSPS) is 14.9. The SMILES string of the molecule is C1=CCN(Cc2ccc(CCOc3ccccc3)cc2)CC1. The van der Waals surface area contributed by atoms with Crippen molar-refractivity contribution in [3.05, 3.63) is 77.9 Å². The lowest BCUT2D eigenvalue weighted by Crippen LogP contribution is -2.26. The molecule has 1 heterocycles. The second-order valence-electron chi connectivity index (χ2n) is 5.72. The number of ether oxygens (including phenoxy) is 1. The van der Waals surface area contributed by atoms with Crippen LogP contribution in [0.2, 0.25) is 0 Å². The van der Waals surface area contributed by atoms with Crippen molar-refractivity contribution in [2.45, 2.75) is 19.4 Å². The molecule has 0 fully saturated rings. The third-order valence-corrected chi connectivity index (χ3v) is 3.97. The molecule has 0 aliphatic carbocycles. The van der Waals surface area contributed by atoms with Crippen molar-refractivity contribution in [2.24, 2.45) is 0 Å². The van der Waals surface area contributed by atoms with E-state index in [4.69, 9.17) is 4.74 Å². The van der Waals surface area contributed by atoms with Gasteiger partial charge in [0.1, 0.15) is 5.75 Å². The van der Waals surface area contributed by atoms with Gasteiger partial charge in [-0.1, -0.05) is 54.6 Å². The Hall–Kier alpha value is -2.06. The van der Waals surface area contributed by atoms with Gasteiger partial charge in [-0.3, -0.25) is 4.90 Å². The Bertz CT molecular complexity index is 589. The van der Waals surface area contributed by atoms with Gasteiger partial charge in [0.25, 0.3) is 0 Å². The van der Waals surface area contributed by atoms with E-state index in [1.54, 1.807) is 0 Å². The Balaban J connectivity index is 1.46. The maximum atomic E-state index is 5.75. The summed E-state index contributed by atoms with van der Waals surface area (Å²) in [6.07, 6.45) is 6.65. The van der Waals surface area contributed by atoms with Crippen LogP contribution in [0.15, 0.2) is 66.7 Å². The first-order valence-electron chi connectivity index (χ1n) is 8.03. The summed E-state index contributed by atoms with van der Waals surface area (Å²) in [5, 5.41) is 0. The van der Waals surface area contributed by atoms with Crippen molar-refractivity contribution in [3.8, 4) is 5.75 Å². The van der Waals surface area contributed by atoms with E-state index in [1.165, 1.54) is 24.1 Å². The Morgan fingerprint density at radius 2 is 1.64 bits per heavy atom. The van der Waals surface area contributed by atoms with E-state index >= 15 is 0 Å². The van der Waals surface area contributed by atoms with E-state index in [2.05, 4.69) is 41.3 Å². The zero-order valence-electron chi connectivity index (χ0n) is 12.9. The highest BCUT2D eigenvalue weighted by Gasteiger charge is 2.06. The van der Waals surface area contributed by atoms with Crippen molar-refractivity contribution < 1.29 is 4.74 Å². The summed E-state index contributed by atoms with van der Waals surface area (Å²) in [5.41, 5.74) is 2.72. The molecule has 0 radical (unpaired) electrons. The lowest BCUT2D eigenvalue weighted by Gasteiger charge is -2.23. The Morgan fingerprint density at radius 3 is 2.36 bits per heavy atom. The molecule has 0 N–H and O–H groups in total. The minimum absolute atomic E-state index is 0.722. The van der Waals surface area contributed by atoms with Crippen LogP contribution in [0, 0.1) is 0 Å². The van der Waals surface area contributed by atoms with Gasteiger partial charge < -0.3 is 4.74 Å². The van der Waals surface area contributed by atoms with E-state index in [1.807, 2.05) is 30.3 Å². The predicted octanol–water partition coefficient (Wildman–Crippen LogP) is 4.07. The molecule has 0 unspecified atom stereocenters. The molecule has 0 atom stereocenters. The van der Waals surface area contributed by atoms with Gasteiger partial charge in [-0.25, -0.2) is 0 Å². The quantitative estimate of drug-likeness (QED) is 0.744. The first kappa shape index (κ1) is 14.9. The van der Waals surface area contributed by atoms with Crippen LogP contribution in [0.4, 0.5) is 0 Å². The molecule has 0 bridgehead atoms. The van der Waals surface area contributed by atoms with E-state index in [9.17, 15) is 0 Å². The summed E-state index contributed by atoms with van der Waals surface area (Å²) >= 11 is 0. The number of nitrogens with zero attached hydrogens (tertiary/aromatic N) is 1. The number of benzene rings is 2. The van der Waals surface area contributed by atoms with Gasteiger partial charge in [0.2, 0.25) is 0 Å². The maximum absolute atomic E-state index is 5.75. The molecule has 22 heavy (non-hydrogen) atoms. The third-order valence-electron chi connectivity index (χ3n) is 3.97. The fourth-order valence-corrected chi connectivity index (χ4v) is 2.71. The number of hydrogen-bond donors (Lipinski definition) is 0. The highest BCUT2D eigenvalue weighted by atomic mass is 16.5. The molecule has 0 aromatic heterocycles. The molecule has 0 saturated carbocycles. The second kappa shape index (κ2) is 7.81. The fourth-order valence-electron chi connectivity index (χ4n) is 2.71. The molecular weight excluding hydrogens is 270 g/mol. The van der Waals surface area contributed by atoms with Crippen molar-refractivity contribution in [1.29, 1.82) is 0 Å². The summed E-state index contributed by atoms with van der Waals surface area (Å²) in [5.74, 6) is 0.942. The highest BCUT2D eigenvalue weighted by molar-refractivity contribution is 5.24. The first-order chi connectivity index (χ1) is 10.9. The standard InChI is InChI=1S/C20H23NO/c1-3-7-20(8-4-1)22-16-13-18-9-11-19(12-10-18)17-21-14-5-2-6-15-21/h1-5,7-12H,6,13-17H2. The Morgan fingerprint density at radius 1 is 0.864 bits per heavy atom. The van der Waals surface area contributed by atoms with Gasteiger partial charge >= 0.3 is 0 Å². The van der Waals surface area contributed by atoms with Crippen LogP contribution in [0.5, 0.6) is 5.75 Å². The summed E-state index contributed by atoms with van der Waals surface area (Å²) < 4.78 is 5.75. The molecule has 2 aromatic rings. The minimum Gasteiger partial charge on any atom is -0.493 e. The van der Waals surface area contributed by atoms with E-state index in [-0.39, 0.29) is 0 Å². The fraction of sp³-hybridized carbons (Fsp3) is 0.300. The molecule has 0 amide bonds. The van der Waals surface area contributed by atoms with E-state index in [0.29, 0.717) is 0 Å². The van der Waals surface area contributed by atoms with Crippen molar-refractivity contribution in [2.75, 3.05) is 19.7 Å². The van der Waals surface area contributed by atoms with Crippen LogP contribution in [0.1, 0.15) is 17.5 Å². The smallest absolute Gasteiger partial charge is 0.119 e. The van der Waals surface area contributed by atoms with Crippen LogP contribution in [-0.2, 0) is 13.0 Å². The molecule has 0 saturated heterocycles. The summed E-state index contributed by atoms with van der Waals surface area (Å²) in [6, 6.07) is 18.9. The van der Waals surface area contributed by atoms with Crippen LogP contribution < -0.4 is 4.74 Å². The van der Waals surface area contributed by atoms with Gasteiger partial charge in [-0.15, -0.1) is 0 Å². The molecule has 0 spiro atoms. The van der Waals surface area contributed by atoms with Gasteiger partial charge in [0, 0.05) is 26.1 Å². The van der Waals surface area contributed by atoms with Crippen LogP contribution in [-0.4, -0.2) is 24.6 Å². The molecule has 2 heteroatoms. The largest absolute Gasteiger partial charge is 0.493 e. The lowest BCUT2D eigenvalue weighted by atomic mass is 10.1. The van der Waals surface area contributed by atoms with Gasteiger partial charge in [-0.2, -0.15) is 0 Å². The lowest BCUT2D eigenvalue weighted by molar-refractivity contribution is 0.290. The second-order valence-corrected chi connectivity index (χ2v) is 5.72. The van der Waals surface area contributed by atoms with E-state index in [0.717, 1.165) is 31.9 Å². The molecule has 1 aliphatic rings. The predicted molar refractivity (Wildman–Crippen MR) is 91.1 cm³/mol. The Kier molecular flexibility index (Phi) is 5.27. The zero-order chi connectivity index (χ0) is 15.0. The molecule has 2 nitrogen and oxygen atoms in total. The molecular formula is C20H23NO.